The first kappa shape index (κ1) is 36.5. The first-order chi connectivity index (χ1) is 23.9. The van der Waals surface area contributed by atoms with Gasteiger partial charge in [0.1, 0.15) is 22.6 Å². The number of nitrogens with one attached hydrogen (secondary N) is 2. The van der Waals surface area contributed by atoms with Crippen LogP contribution in [0.4, 0.5) is 5.69 Å². The van der Waals surface area contributed by atoms with Gasteiger partial charge in [0.15, 0.2) is 5.11 Å². The Bertz CT molecular complexity index is 1900. The van der Waals surface area contributed by atoms with Crippen LogP contribution in [0.1, 0.15) is 23.6 Å². The van der Waals surface area contributed by atoms with Gasteiger partial charge in [0, 0.05) is 99.2 Å². The maximum atomic E-state index is 11.8. The van der Waals surface area contributed by atoms with Crippen molar-refractivity contribution in [3.05, 3.63) is 84.7 Å². The van der Waals surface area contributed by atoms with E-state index in [0.29, 0.717) is 21.6 Å². The monoisotopic (exact) mass is 710 g/mol. The van der Waals surface area contributed by atoms with Gasteiger partial charge in [-0.1, -0.05) is 31.7 Å². The fourth-order valence-electron chi connectivity index (χ4n) is 5.86. The number of hydrazine groups is 1. The number of hydrogen-bond acceptors (Lipinski definition) is 10. The Hall–Kier alpha value is -4.80. The summed E-state index contributed by atoms with van der Waals surface area (Å²) in [7, 11) is 4.22. The number of aromatic amines is 1. The lowest BCUT2D eigenvalue weighted by Gasteiger charge is -2.33. The zero-order valence-corrected chi connectivity index (χ0v) is 29.0. The van der Waals surface area contributed by atoms with Gasteiger partial charge in [-0.3, -0.25) is 19.7 Å². The predicted molar refractivity (Wildman–Crippen MR) is 206 cm³/mol. The standard InChI is InChI=1S/C17H18N6S.C11H6N2O.C6H14N4S.CH4/c1-22-8-10-23(11-9-22)17(24)21-20-16-14-12(4-2-6-18-14)13-5-3-7-19-15(13)16;14-11-9-7(3-1-5-12-9)8-4-2-6-13-10(8)11;1-9-2-4-10(5-3-9)6(11)8-7;/h2-7,18H,8-11H2,1H3;1-6H;2-5,7H2,1H3,(H,8,11);1H4. The van der Waals surface area contributed by atoms with Crippen LogP contribution in [0.5, 0.6) is 0 Å². The molecule has 2 aliphatic carbocycles. The molecule has 0 spiro atoms. The number of ketones is 1. The second kappa shape index (κ2) is 16.7. The van der Waals surface area contributed by atoms with E-state index in [-0.39, 0.29) is 13.2 Å². The molecule has 4 N–H and O–H groups in total. The van der Waals surface area contributed by atoms with Crippen LogP contribution in [0.25, 0.3) is 33.3 Å². The average Bonchev–Trinajstić information content (AvgIpc) is 3.63. The molecule has 0 atom stereocenters. The van der Waals surface area contributed by atoms with Crippen molar-refractivity contribution >= 4 is 57.0 Å². The minimum Gasteiger partial charge on any atom is -0.359 e. The molecule has 0 amide bonds. The summed E-state index contributed by atoms with van der Waals surface area (Å²) in [5, 5.41) is 11.0. The van der Waals surface area contributed by atoms with Gasteiger partial charge in [-0.25, -0.2) is 5.84 Å². The van der Waals surface area contributed by atoms with Crippen molar-refractivity contribution in [1.82, 2.24) is 45.0 Å². The van der Waals surface area contributed by atoms with Crippen LogP contribution in [-0.2, 0) is 0 Å². The number of piperazine rings is 2. The molecule has 0 aromatic carbocycles. The molecule has 0 saturated carbocycles. The Labute approximate surface area is 302 Å². The molecular weight excluding hydrogens is 669 g/mol. The molecule has 50 heavy (non-hydrogen) atoms. The minimum absolute atomic E-state index is 0. The number of hydrogen-bond donors (Lipinski definition) is 3. The molecule has 6 heterocycles. The van der Waals surface area contributed by atoms with Gasteiger partial charge in [-0.05, 0) is 62.8 Å². The maximum absolute atomic E-state index is 11.8. The maximum Gasteiger partial charge on any atom is 0.230 e. The van der Waals surface area contributed by atoms with Crippen molar-refractivity contribution in [2.45, 2.75) is 7.43 Å². The molecule has 13 nitrogen and oxygen atoms in total. The van der Waals surface area contributed by atoms with Gasteiger partial charge < -0.3 is 30.0 Å². The van der Waals surface area contributed by atoms with Crippen LogP contribution in [0.3, 0.4) is 0 Å². The fourth-order valence-corrected chi connectivity index (χ4v) is 6.26. The lowest BCUT2D eigenvalue weighted by atomic mass is 10.1. The number of aromatic nitrogens is 4. The number of fused-ring (bicyclic) bond motifs is 6. The molecule has 0 bridgehead atoms. The Balaban J connectivity index is 0.000000159. The number of carbonyl (C=O) groups excluding carboxylic acids is 1. The van der Waals surface area contributed by atoms with Gasteiger partial charge in [-0.15, -0.1) is 10.2 Å². The largest absolute Gasteiger partial charge is 0.359 e. The zero-order valence-electron chi connectivity index (χ0n) is 27.4. The van der Waals surface area contributed by atoms with Gasteiger partial charge in [-0.2, -0.15) is 0 Å². The van der Waals surface area contributed by atoms with Crippen molar-refractivity contribution in [3.8, 4) is 22.4 Å². The first-order valence-corrected chi connectivity index (χ1v) is 16.8. The molecule has 260 valence electrons. The van der Waals surface area contributed by atoms with Crippen molar-refractivity contribution in [3.63, 3.8) is 0 Å². The highest BCUT2D eigenvalue weighted by Gasteiger charge is 2.28. The molecule has 3 aromatic rings. The van der Waals surface area contributed by atoms with E-state index in [1.54, 1.807) is 18.6 Å². The number of pyridine rings is 4. The van der Waals surface area contributed by atoms with E-state index < -0.39 is 0 Å². The summed E-state index contributed by atoms with van der Waals surface area (Å²) in [5.74, 6) is 5.12. The Morgan fingerprint density at radius 3 is 1.92 bits per heavy atom. The number of azo groups is 1. The Morgan fingerprint density at radius 1 is 0.780 bits per heavy atom. The molecule has 5 aliphatic rings. The molecule has 8 rings (SSSR count). The summed E-state index contributed by atoms with van der Waals surface area (Å²) in [6.07, 6.45) is 6.92. The average molecular weight is 711 g/mol. The van der Waals surface area contributed by atoms with E-state index in [2.05, 4.69) is 81.4 Å². The first-order valence-electron chi connectivity index (χ1n) is 16.0. The van der Waals surface area contributed by atoms with Gasteiger partial charge in [0.2, 0.25) is 10.9 Å². The number of rotatable bonds is 1. The van der Waals surface area contributed by atoms with Crippen molar-refractivity contribution in [2.75, 3.05) is 66.5 Å². The summed E-state index contributed by atoms with van der Waals surface area (Å²) in [4.78, 5) is 36.4. The fraction of sp³-hybridized carbons (Fsp3) is 0.314. The smallest absolute Gasteiger partial charge is 0.230 e. The van der Waals surface area contributed by atoms with Crippen LogP contribution in [0.15, 0.2) is 83.5 Å². The quantitative estimate of drug-likeness (QED) is 0.0950. The highest BCUT2D eigenvalue weighted by molar-refractivity contribution is 7.80. The third kappa shape index (κ3) is 7.98. The number of likely N-dealkylation sites (N-methyl/N-ethyl adjacent to an activating group) is 2. The highest BCUT2D eigenvalue weighted by Crippen LogP contribution is 2.42. The molecule has 0 unspecified atom stereocenters. The third-order valence-electron chi connectivity index (χ3n) is 8.67. The van der Waals surface area contributed by atoms with Crippen molar-refractivity contribution in [2.24, 2.45) is 16.1 Å². The Kier molecular flexibility index (Phi) is 12.2. The molecular formula is C35H42N12OS2. The lowest BCUT2D eigenvalue weighted by Crippen LogP contribution is -2.51. The minimum atomic E-state index is -0.0730. The van der Waals surface area contributed by atoms with Crippen molar-refractivity contribution in [1.29, 1.82) is 0 Å². The van der Waals surface area contributed by atoms with E-state index in [1.807, 2.05) is 42.6 Å². The SMILES string of the molecule is C.CN1CCN(C(=S)N=Nc2c3[nH]cccc-3c3cccnc23)CC1.CN1CCN(C(=S)NN)CC1.O=C1c2ncccc2-c2cccnc21. The molecule has 2 fully saturated rings. The van der Waals surface area contributed by atoms with Crippen LogP contribution in [0, 0.1) is 0 Å². The van der Waals surface area contributed by atoms with Crippen LogP contribution in [-0.4, -0.2) is 122 Å². The molecule has 3 aliphatic heterocycles. The number of H-pyrrole nitrogens is 1. The molecule has 0 radical (unpaired) electrons. The summed E-state index contributed by atoms with van der Waals surface area (Å²) < 4.78 is 0. The molecule has 3 aromatic heterocycles. The van der Waals surface area contributed by atoms with Crippen LogP contribution >= 0.6 is 24.4 Å². The highest BCUT2D eigenvalue weighted by atomic mass is 32.1. The van der Waals surface area contributed by atoms with E-state index >= 15 is 0 Å². The van der Waals surface area contributed by atoms with E-state index in [4.69, 9.17) is 30.3 Å². The normalized spacial score (nSPS) is 15.8. The van der Waals surface area contributed by atoms with E-state index in [9.17, 15) is 4.79 Å². The van der Waals surface area contributed by atoms with Crippen LogP contribution in [0.2, 0.25) is 0 Å². The predicted octanol–water partition coefficient (Wildman–Crippen LogP) is 4.59. The van der Waals surface area contributed by atoms with E-state index in [0.717, 1.165) is 91.3 Å². The molecule has 2 saturated heterocycles. The third-order valence-corrected chi connectivity index (χ3v) is 9.39. The Morgan fingerprint density at radius 2 is 1.32 bits per heavy atom. The van der Waals surface area contributed by atoms with Crippen LogP contribution < -0.4 is 11.3 Å². The number of nitrogens with two attached hydrogens (primary N) is 1. The van der Waals surface area contributed by atoms with E-state index in [1.165, 1.54) is 0 Å². The van der Waals surface area contributed by atoms with Gasteiger partial charge in [0.25, 0.3) is 0 Å². The zero-order chi connectivity index (χ0) is 34.3. The molecule has 15 heteroatoms. The summed E-state index contributed by atoms with van der Waals surface area (Å²) in [6.45, 7) is 7.83. The van der Waals surface area contributed by atoms with Gasteiger partial charge >= 0.3 is 0 Å². The number of thiocarbonyl (C=S) groups is 2. The number of nitrogens with zero attached hydrogens (tertiary/aromatic N) is 9. The summed E-state index contributed by atoms with van der Waals surface area (Å²) >= 11 is 10.4. The van der Waals surface area contributed by atoms with Gasteiger partial charge in [0.05, 0.1) is 5.69 Å². The number of carbonyl (C=O) groups is 1. The topological polar surface area (TPSA) is 147 Å². The second-order valence-corrected chi connectivity index (χ2v) is 12.6. The summed E-state index contributed by atoms with van der Waals surface area (Å²) in [6, 6.07) is 15.5. The summed E-state index contributed by atoms with van der Waals surface area (Å²) in [5.41, 5.74) is 8.93. The second-order valence-electron chi connectivity index (χ2n) is 11.8. The van der Waals surface area contributed by atoms with Crippen molar-refractivity contribution < 1.29 is 4.79 Å². The lowest BCUT2D eigenvalue weighted by molar-refractivity contribution is 0.103.